The largest absolute Gasteiger partial charge is 0.336 e. The first-order chi connectivity index (χ1) is 9.88. The second kappa shape index (κ2) is 6.48. The standard InChI is InChI=1S/C13H16BrN5OS/c1-7-4-10(14)5-8(2)12(7)16-11(20)6-21-13-18-17-9(3)19(13)15/h4-5H,6,15H2,1-3H3,(H,16,20). The van der Waals surface area contributed by atoms with Crippen molar-refractivity contribution in [3.05, 3.63) is 33.6 Å². The molecule has 1 amide bonds. The highest BCUT2D eigenvalue weighted by atomic mass is 79.9. The fourth-order valence-corrected chi connectivity index (χ4v) is 3.25. The molecule has 0 radical (unpaired) electrons. The van der Waals surface area contributed by atoms with Gasteiger partial charge in [-0.05, 0) is 44.0 Å². The predicted molar refractivity (Wildman–Crippen MR) is 87.9 cm³/mol. The van der Waals surface area contributed by atoms with Crippen LogP contribution in [0.1, 0.15) is 17.0 Å². The van der Waals surface area contributed by atoms with Gasteiger partial charge in [0.1, 0.15) is 5.82 Å². The second-order valence-corrected chi connectivity index (χ2v) is 6.51. The van der Waals surface area contributed by atoms with Crippen LogP contribution in [0.5, 0.6) is 0 Å². The third-order valence-electron chi connectivity index (χ3n) is 2.93. The summed E-state index contributed by atoms with van der Waals surface area (Å²) in [6, 6.07) is 3.94. The zero-order valence-corrected chi connectivity index (χ0v) is 14.4. The van der Waals surface area contributed by atoms with Crippen molar-refractivity contribution in [1.82, 2.24) is 14.9 Å². The fourth-order valence-electron chi connectivity index (χ4n) is 1.86. The number of nitrogen functional groups attached to an aromatic ring is 1. The third-order valence-corrected chi connectivity index (χ3v) is 4.33. The van der Waals surface area contributed by atoms with Crippen LogP contribution in [-0.4, -0.2) is 26.5 Å². The fraction of sp³-hybridized carbons (Fsp3) is 0.308. The van der Waals surface area contributed by atoms with E-state index < -0.39 is 0 Å². The molecule has 0 saturated heterocycles. The Labute approximate surface area is 135 Å². The van der Waals surface area contributed by atoms with Gasteiger partial charge < -0.3 is 11.2 Å². The monoisotopic (exact) mass is 369 g/mol. The van der Waals surface area contributed by atoms with Crippen LogP contribution in [0.15, 0.2) is 21.8 Å². The molecule has 1 aromatic carbocycles. The molecule has 6 nitrogen and oxygen atoms in total. The topological polar surface area (TPSA) is 85.8 Å². The molecular formula is C13H16BrN5OS. The van der Waals surface area contributed by atoms with Crippen molar-refractivity contribution >= 4 is 39.3 Å². The highest BCUT2D eigenvalue weighted by Gasteiger charge is 2.12. The Balaban J connectivity index is 2.01. The average molecular weight is 370 g/mol. The van der Waals surface area contributed by atoms with Gasteiger partial charge >= 0.3 is 0 Å². The predicted octanol–water partition coefficient (Wildman–Crippen LogP) is 2.41. The first kappa shape index (κ1) is 15.8. The number of amides is 1. The van der Waals surface area contributed by atoms with Gasteiger partial charge in [0.15, 0.2) is 0 Å². The van der Waals surface area contributed by atoms with Gasteiger partial charge in [-0.2, -0.15) is 0 Å². The average Bonchev–Trinajstić information content (AvgIpc) is 2.72. The number of benzene rings is 1. The van der Waals surface area contributed by atoms with Crippen molar-refractivity contribution in [2.45, 2.75) is 25.9 Å². The van der Waals surface area contributed by atoms with Crippen LogP contribution in [0, 0.1) is 20.8 Å². The molecule has 2 aromatic rings. The molecule has 0 atom stereocenters. The van der Waals surface area contributed by atoms with E-state index in [2.05, 4.69) is 31.4 Å². The molecule has 0 aliphatic rings. The maximum Gasteiger partial charge on any atom is 0.234 e. The number of rotatable bonds is 4. The Kier molecular flexibility index (Phi) is 4.89. The van der Waals surface area contributed by atoms with Gasteiger partial charge in [0.05, 0.1) is 5.75 Å². The van der Waals surface area contributed by atoms with Crippen molar-refractivity contribution in [3.63, 3.8) is 0 Å². The number of nitrogens with one attached hydrogen (secondary N) is 1. The van der Waals surface area contributed by atoms with Crippen LogP contribution in [0.4, 0.5) is 5.69 Å². The number of carbonyl (C=O) groups is 1. The molecule has 0 fully saturated rings. The Hall–Kier alpha value is -1.54. The number of hydrogen-bond acceptors (Lipinski definition) is 5. The molecule has 1 heterocycles. The van der Waals surface area contributed by atoms with E-state index in [0.29, 0.717) is 11.0 Å². The van der Waals surface area contributed by atoms with E-state index in [4.69, 9.17) is 5.84 Å². The smallest absolute Gasteiger partial charge is 0.234 e. The summed E-state index contributed by atoms with van der Waals surface area (Å²) in [5.41, 5.74) is 2.87. The van der Waals surface area contributed by atoms with Crippen LogP contribution < -0.4 is 11.2 Å². The minimum Gasteiger partial charge on any atom is -0.336 e. The number of carbonyl (C=O) groups excluding carboxylic acids is 1. The number of thioether (sulfide) groups is 1. The lowest BCUT2D eigenvalue weighted by Gasteiger charge is -2.12. The van der Waals surface area contributed by atoms with Crippen molar-refractivity contribution < 1.29 is 4.79 Å². The van der Waals surface area contributed by atoms with Gasteiger partial charge in [-0.3, -0.25) is 4.79 Å². The minimum atomic E-state index is -0.103. The van der Waals surface area contributed by atoms with Gasteiger partial charge in [-0.25, -0.2) is 4.68 Å². The molecule has 0 aliphatic carbocycles. The van der Waals surface area contributed by atoms with Crippen LogP contribution >= 0.6 is 27.7 Å². The van der Waals surface area contributed by atoms with E-state index in [0.717, 1.165) is 21.3 Å². The summed E-state index contributed by atoms with van der Waals surface area (Å²) in [6.07, 6.45) is 0. The van der Waals surface area contributed by atoms with E-state index in [1.807, 2.05) is 26.0 Å². The lowest BCUT2D eigenvalue weighted by atomic mass is 10.1. The molecule has 0 aliphatic heterocycles. The zero-order chi connectivity index (χ0) is 15.6. The number of nitrogens with two attached hydrogens (primary N) is 1. The molecule has 2 rings (SSSR count). The molecule has 8 heteroatoms. The van der Waals surface area contributed by atoms with E-state index in [9.17, 15) is 4.79 Å². The zero-order valence-electron chi connectivity index (χ0n) is 12.0. The number of nitrogens with zero attached hydrogens (tertiary/aromatic N) is 3. The summed E-state index contributed by atoms with van der Waals surface area (Å²) in [7, 11) is 0. The Morgan fingerprint density at radius 1 is 1.33 bits per heavy atom. The van der Waals surface area contributed by atoms with Crippen molar-refractivity contribution in [2.24, 2.45) is 0 Å². The second-order valence-electron chi connectivity index (χ2n) is 4.65. The Bertz CT molecular complexity index is 662. The lowest BCUT2D eigenvalue weighted by Crippen LogP contribution is -2.17. The molecule has 0 bridgehead atoms. The number of hydrogen-bond donors (Lipinski definition) is 2. The lowest BCUT2D eigenvalue weighted by molar-refractivity contribution is -0.113. The summed E-state index contributed by atoms with van der Waals surface area (Å²) >= 11 is 4.69. The molecule has 0 spiro atoms. The van der Waals surface area contributed by atoms with Crippen molar-refractivity contribution in [2.75, 3.05) is 16.9 Å². The van der Waals surface area contributed by atoms with Gasteiger partial charge in [0.25, 0.3) is 0 Å². The summed E-state index contributed by atoms with van der Waals surface area (Å²) in [5.74, 6) is 6.47. The van der Waals surface area contributed by atoms with Crippen LogP contribution in [-0.2, 0) is 4.79 Å². The van der Waals surface area contributed by atoms with Crippen molar-refractivity contribution in [1.29, 1.82) is 0 Å². The van der Waals surface area contributed by atoms with Crippen molar-refractivity contribution in [3.8, 4) is 0 Å². The first-order valence-electron chi connectivity index (χ1n) is 6.25. The van der Waals surface area contributed by atoms with Crippen LogP contribution in [0.3, 0.4) is 0 Å². The molecule has 0 saturated carbocycles. The van der Waals surface area contributed by atoms with Crippen LogP contribution in [0.2, 0.25) is 0 Å². The van der Waals surface area contributed by atoms with Gasteiger partial charge in [0, 0.05) is 10.2 Å². The van der Waals surface area contributed by atoms with Gasteiger partial charge in [-0.15, -0.1) is 10.2 Å². The van der Waals surface area contributed by atoms with E-state index >= 15 is 0 Å². The molecule has 1 aromatic heterocycles. The van der Waals surface area contributed by atoms with E-state index in [-0.39, 0.29) is 11.7 Å². The maximum absolute atomic E-state index is 12.1. The molecule has 3 N–H and O–H groups in total. The van der Waals surface area contributed by atoms with E-state index in [1.165, 1.54) is 16.4 Å². The number of anilines is 1. The molecule has 21 heavy (non-hydrogen) atoms. The molecule has 112 valence electrons. The first-order valence-corrected chi connectivity index (χ1v) is 8.03. The summed E-state index contributed by atoms with van der Waals surface area (Å²) < 4.78 is 2.37. The maximum atomic E-state index is 12.1. The molecule has 0 unspecified atom stereocenters. The summed E-state index contributed by atoms with van der Waals surface area (Å²) in [4.78, 5) is 12.1. The van der Waals surface area contributed by atoms with E-state index in [1.54, 1.807) is 6.92 Å². The van der Waals surface area contributed by atoms with Gasteiger partial charge in [-0.1, -0.05) is 27.7 Å². The highest BCUT2D eigenvalue weighted by Crippen LogP contribution is 2.25. The normalized spacial score (nSPS) is 10.7. The SMILES string of the molecule is Cc1cc(Br)cc(C)c1NC(=O)CSc1nnc(C)n1N. The quantitative estimate of drug-likeness (QED) is 0.638. The number of aromatic nitrogens is 3. The Morgan fingerprint density at radius 3 is 2.48 bits per heavy atom. The number of aryl methyl sites for hydroxylation is 3. The molecular weight excluding hydrogens is 354 g/mol. The van der Waals surface area contributed by atoms with Gasteiger partial charge in [0.2, 0.25) is 11.1 Å². The number of halogens is 1. The van der Waals surface area contributed by atoms with Crippen LogP contribution in [0.25, 0.3) is 0 Å². The summed E-state index contributed by atoms with van der Waals surface area (Å²) in [6.45, 7) is 5.67. The third kappa shape index (κ3) is 3.76. The highest BCUT2D eigenvalue weighted by molar-refractivity contribution is 9.10. The Morgan fingerprint density at radius 2 is 1.95 bits per heavy atom. The minimum absolute atomic E-state index is 0.103. The summed E-state index contributed by atoms with van der Waals surface area (Å²) in [5, 5.41) is 11.2.